The van der Waals surface area contributed by atoms with E-state index >= 15 is 0 Å². The van der Waals surface area contributed by atoms with Crippen molar-refractivity contribution in [3.63, 3.8) is 0 Å². The fraction of sp³-hybridized carbons (Fsp3) is 0.185. The summed E-state index contributed by atoms with van der Waals surface area (Å²) < 4.78 is 8.94. The van der Waals surface area contributed by atoms with Crippen molar-refractivity contribution in [2.24, 2.45) is 0 Å². The van der Waals surface area contributed by atoms with Crippen LogP contribution in [-0.4, -0.2) is 44.5 Å². The number of ether oxygens (including phenoxy) is 1. The number of amides is 1. The molecular formula is C27H23N5O3S. The number of anilines is 1. The summed E-state index contributed by atoms with van der Waals surface area (Å²) in [5.41, 5.74) is 4.20. The summed E-state index contributed by atoms with van der Waals surface area (Å²) >= 11 is 1.32. The molecule has 0 N–H and O–H groups in total. The average molecular weight is 498 g/mol. The Morgan fingerprint density at radius 3 is 2.69 bits per heavy atom. The van der Waals surface area contributed by atoms with Gasteiger partial charge in [-0.3, -0.25) is 14.0 Å². The first-order valence-corrected chi connectivity index (χ1v) is 12.6. The van der Waals surface area contributed by atoms with Gasteiger partial charge in [0.15, 0.2) is 5.16 Å². The first kappa shape index (κ1) is 22.4. The number of rotatable bonds is 5. The topological polar surface area (TPSA) is 81.7 Å². The maximum absolute atomic E-state index is 13.6. The molecular weight excluding hydrogens is 474 g/mol. The van der Waals surface area contributed by atoms with Crippen LogP contribution >= 0.6 is 11.8 Å². The van der Waals surface area contributed by atoms with E-state index in [1.807, 2.05) is 70.8 Å². The minimum absolute atomic E-state index is 0.0136. The van der Waals surface area contributed by atoms with E-state index in [1.54, 1.807) is 13.2 Å². The van der Waals surface area contributed by atoms with Crippen molar-refractivity contribution in [1.82, 2.24) is 19.2 Å². The predicted octanol–water partition coefficient (Wildman–Crippen LogP) is 4.03. The Labute approximate surface area is 211 Å². The molecule has 0 fully saturated rings. The third kappa shape index (κ3) is 3.54. The Hall–Kier alpha value is -4.11. The fourth-order valence-corrected chi connectivity index (χ4v) is 5.58. The van der Waals surface area contributed by atoms with Crippen molar-refractivity contribution in [3.8, 4) is 11.4 Å². The van der Waals surface area contributed by atoms with Gasteiger partial charge in [-0.05, 0) is 54.8 Å². The van der Waals surface area contributed by atoms with Crippen LogP contribution in [0.5, 0.6) is 5.75 Å². The number of carbonyl (C=O) groups excluding carboxylic acids is 1. The lowest BCUT2D eigenvalue weighted by Gasteiger charge is -2.17. The number of thioether (sulfide) groups is 1. The molecule has 0 radical (unpaired) electrons. The third-order valence-electron chi connectivity index (χ3n) is 6.48. The van der Waals surface area contributed by atoms with E-state index in [2.05, 4.69) is 16.3 Å². The minimum atomic E-state index is -0.212. The van der Waals surface area contributed by atoms with E-state index in [0.717, 1.165) is 17.7 Å². The average Bonchev–Trinajstić information content (AvgIpc) is 3.52. The van der Waals surface area contributed by atoms with Gasteiger partial charge in [-0.1, -0.05) is 48.2 Å². The molecule has 1 aliphatic heterocycles. The lowest BCUT2D eigenvalue weighted by atomic mass is 10.2. The largest absolute Gasteiger partial charge is 0.495 e. The van der Waals surface area contributed by atoms with Crippen LogP contribution < -0.4 is 15.2 Å². The summed E-state index contributed by atoms with van der Waals surface area (Å²) in [6.45, 7) is 2.63. The summed E-state index contributed by atoms with van der Waals surface area (Å²) in [5.74, 6) is 1.14. The second kappa shape index (κ2) is 8.83. The van der Waals surface area contributed by atoms with Crippen LogP contribution in [0.4, 0.5) is 5.69 Å². The smallest absolute Gasteiger partial charge is 0.267 e. The molecule has 6 rings (SSSR count). The van der Waals surface area contributed by atoms with Gasteiger partial charge in [-0.25, -0.2) is 4.57 Å². The summed E-state index contributed by atoms with van der Waals surface area (Å²) in [4.78, 5) is 28.6. The highest BCUT2D eigenvalue weighted by Crippen LogP contribution is 2.30. The van der Waals surface area contributed by atoms with E-state index in [-0.39, 0.29) is 17.2 Å². The van der Waals surface area contributed by atoms with Crippen LogP contribution in [0, 0.1) is 6.92 Å². The quantitative estimate of drug-likeness (QED) is 0.341. The molecule has 0 atom stereocenters. The molecule has 3 heterocycles. The molecule has 5 aromatic rings. The standard InChI is InChI=1S/C27H23N5O3S/c1-17-11-12-23(35-2)22(15-17)31-25(34)19-8-4-6-10-21(19)32-26(31)28-29-27(32)36-16-24(33)30-14-13-18-7-3-5-9-20(18)30/h3-12,15H,13-14,16H2,1-2H3. The Balaban J connectivity index is 1.45. The van der Waals surface area contributed by atoms with E-state index in [0.29, 0.717) is 39.8 Å². The number of aromatic nitrogens is 4. The molecule has 0 bridgehead atoms. The monoisotopic (exact) mass is 497 g/mol. The summed E-state index contributed by atoms with van der Waals surface area (Å²) in [6, 6.07) is 21.0. The zero-order valence-electron chi connectivity index (χ0n) is 19.8. The second-order valence-electron chi connectivity index (χ2n) is 8.66. The van der Waals surface area contributed by atoms with Crippen molar-refractivity contribution in [1.29, 1.82) is 0 Å². The normalized spacial score (nSPS) is 12.9. The molecule has 0 aliphatic carbocycles. The SMILES string of the molecule is COc1ccc(C)cc1-n1c(=O)c2ccccc2n2c(SCC(=O)N3CCc4ccccc43)nnc12. The van der Waals surface area contributed by atoms with E-state index in [9.17, 15) is 9.59 Å². The number of nitrogens with zero attached hydrogens (tertiary/aromatic N) is 5. The highest BCUT2D eigenvalue weighted by molar-refractivity contribution is 7.99. The van der Waals surface area contributed by atoms with Crippen LogP contribution in [-0.2, 0) is 11.2 Å². The maximum atomic E-state index is 13.6. The van der Waals surface area contributed by atoms with Crippen molar-refractivity contribution in [2.75, 3.05) is 24.3 Å². The Bertz CT molecular complexity index is 1710. The number of fused-ring (bicyclic) bond motifs is 4. The van der Waals surface area contributed by atoms with Gasteiger partial charge >= 0.3 is 0 Å². The molecule has 9 heteroatoms. The number of hydrogen-bond donors (Lipinski definition) is 0. The first-order valence-electron chi connectivity index (χ1n) is 11.6. The molecule has 180 valence electrons. The van der Waals surface area contributed by atoms with Gasteiger partial charge in [0.05, 0.1) is 29.5 Å². The van der Waals surface area contributed by atoms with Gasteiger partial charge in [-0.15, -0.1) is 10.2 Å². The first-order chi connectivity index (χ1) is 17.6. The number of hydrogen-bond acceptors (Lipinski definition) is 6. The summed E-state index contributed by atoms with van der Waals surface area (Å²) in [6.07, 6.45) is 0.857. The molecule has 0 unspecified atom stereocenters. The molecule has 36 heavy (non-hydrogen) atoms. The van der Waals surface area contributed by atoms with Gasteiger partial charge in [0, 0.05) is 12.2 Å². The highest BCUT2D eigenvalue weighted by Gasteiger charge is 2.25. The summed E-state index contributed by atoms with van der Waals surface area (Å²) in [5, 5.41) is 9.86. The maximum Gasteiger partial charge on any atom is 0.267 e. The zero-order chi connectivity index (χ0) is 24.8. The number of aryl methyl sites for hydroxylation is 1. The molecule has 0 saturated heterocycles. The molecule has 8 nitrogen and oxygen atoms in total. The number of methoxy groups -OCH3 is 1. The predicted molar refractivity (Wildman–Crippen MR) is 141 cm³/mol. The molecule has 2 aromatic heterocycles. The van der Waals surface area contributed by atoms with E-state index in [4.69, 9.17) is 4.74 Å². The Morgan fingerprint density at radius 2 is 1.83 bits per heavy atom. The molecule has 3 aromatic carbocycles. The van der Waals surface area contributed by atoms with Gasteiger partial charge < -0.3 is 9.64 Å². The number of carbonyl (C=O) groups is 1. The Kier molecular flexibility index (Phi) is 5.49. The molecule has 0 saturated carbocycles. The molecule has 1 aliphatic rings. The van der Waals surface area contributed by atoms with Crippen LogP contribution in [0.1, 0.15) is 11.1 Å². The van der Waals surface area contributed by atoms with Crippen LogP contribution in [0.3, 0.4) is 0 Å². The van der Waals surface area contributed by atoms with Crippen molar-refractivity contribution < 1.29 is 9.53 Å². The summed E-state index contributed by atoms with van der Waals surface area (Å²) in [7, 11) is 1.57. The number of benzene rings is 3. The van der Waals surface area contributed by atoms with Crippen LogP contribution in [0.2, 0.25) is 0 Å². The minimum Gasteiger partial charge on any atom is -0.495 e. The van der Waals surface area contributed by atoms with Gasteiger partial charge in [0.2, 0.25) is 11.7 Å². The third-order valence-corrected chi connectivity index (χ3v) is 7.40. The highest BCUT2D eigenvalue weighted by atomic mass is 32.2. The van der Waals surface area contributed by atoms with Crippen molar-refractivity contribution >= 4 is 40.0 Å². The molecule has 1 amide bonds. The lowest BCUT2D eigenvalue weighted by Crippen LogP contribution is -2.30. The lowest BCUT2D eigenvalue weighted by molar-refractivity contribution is -0.116. The number of para-hydroxylation sites is 2. The van der Waals surface area contributed by atoms with Crippen LogP contribution in [0.25, 0.3) is 22.4 Å². The van der Waals surface area contributed by atoms with Crippen molar-refractivity contribution in [3.05, 3.63) is 88.2 Å². The van der Waals surface area contributed by atoms with E-state index < -0.39 is 0 Å². The van der Waals surface area contributed by atoms with Crippen LogP contribution in [0.15, 0.2) is 76.7 Å². The van der Waals surface area contributed by atoms with Gasteiger partial charge in [-0.2, -0.15) is 0 Å². The fourth-order valence-electron chi connectivity index (χ4n) is 4.77. The van der Waals surface area contributed by atoms with Gasteiger partial charge in [0.1, 0.15) is 5.75 Å². The zero-order valence-corrected chi connectivity index (χ0v) is 20.7. The van der Waals surface area contributed by atoms with Gasteiger partial charge in [0.25, 0.3) is 5.56 Å². The Morgan fingerprint density at radius 1 is 1.03 bits per heavy atom. The molecule has 0 spiro atoms. The second-order valence-corrected chi connectivity index (χ2v) is 9.61. The van der Waals surface area contributed by atoms with E-state index in [1.165, 1.54) is 21.9 Å². The van der Waals surface area contributed by atoms with Crippen molar-refractivity contribution in [2.45, 2.75) is 18.5 Å².